The third-order valence-corrected chi connectivity index (χ3v) is 4.08. The quantitative estimate of drug-likeness (QED) is 0.638. The van der Waals surface area contributed by atoms with Gasteiger partial charge in [0, 0.05) is 12.0 Å². The second-order valence-corrected chi connectivity index (χ2v) is 5.91. The lowest BCUT2D eigenvalue weighted by Crippen LogP contribution is -2.04. The Morgan fingerprint density at radius 3 is 2.56 bits per heavy atom. The van der Waals surface area contributed by atoms with Gasteiger partial charge in [-0.2, -0.15) is 13.2 Å². The van der Waals surface area contributed by atoms with Crippen LogP contribution in [0.15, 0.2) is 52.9 Å². The fourth-order valence-corrected chi connectivity index (χ4v) is 2.86. The summed E-state index contributed by atoms with van der Waals surface area (Å²) in [6.45, 7) is 2.32. The average Bonchev–Trinajstić information content (AvgIpc) is 2.90. The van der Waals surface area contributed by atoms with Crippen LogP contribution in [0.5, 0.6) is 11.5 Å². The van der Waals surface area contributed by atoms with Gasteiger partial charge in [-0.25, -0.2) is 0 Å². The Hall–Kier alpha value is -3.09. The minimum atomic E-state index is -4.50. The summed E-state index contributed by atoms with van der Waals surface area (Å²) in [6.07, 6.45) is -4.31. The first-order chi connectivity index (χ1) is 12.8. The zero-order valence-corrected chi connectivity index (χ0v) is 14.5. The molecule has 3 rings (SSSR count). The fraction of sp³-hybridized carbons (Fsp3) is 0.200. The number of hydrogen-bond acceptors (Lipinski definition) is 4. The van der Waals surface area contributed by atoms with Crippen LogP contribution in [0.1, 0.15) is 23.8 Å². The van der Waals surface area contributed by atoms with Gasteiger partial charge in [0.2, 0.25) is 5.88 Å². The predicted molar refractivity (Wildman–Crippen MR) is 95.6 cm³/mol. The summed E-state index contributed by atoms with van der Waals surface area (Å²) in [6, 6.07) is 11.8. The molecule has 0 radical (unpaired) electrons. The van der Waals surface area contributed by atoms with E-state index in [0.29, 0.717) is 12.4 Å². The first-order valence-corrected chi connectivity index (χ1v) is 8.29. The van der Waals surface area contributed by atoms with E-state index in [1.54, 1.807) is 6.07 Å². The molecule has 0 saturated heterocycles. The maximum atomic E-state index is 13.0. The van der Waals surface area contributed by atoms with Gasteiger partial charge in [0.15, 0.2) is 11.5 Å². The normalized spacial score (nSPS) is 11.6. The molecule has 0 saturated carbocycles. The van der Waals surface area contributed by atoms with E-state index in [2.05, 4.69) is 0 Å². The van der Waals surface area contributed by atoms with Crippen LogP contribution in [0.25, 0.3) is 11.1 Å². The van der Waals surface area contributed by atoms with Crippen LogP contribution in [0.2, 0.25) is 0 Å². The average molecular weight is 377 g/mol. The van der Waals surface area contributed by atoms with Crippen molar-refractivity contribution in [3.8, 4) is 22.6 Å². The number of anilines is 1. The van der Waals surface area contributed by atoms with E-state index < -0.39 is 11.7 Å². The van der Waals surface area contributed by atoms with Gasteiger partial charge in [-0.1, -0.05) is 30.3 Å². The summed E-state index contributed by atoms with van der Waals surface area (Å²) in [5.74, 6) is 0.371. The lowest BCUT2D eigenvalue weighted by atomic mass is 10.0. The Bertz CT molecular complexity index is 948. The molecule has 0 amide bonds. The van der Waals surface area contributed by atoms with Crippen LogP contribution in [-0.2, 0) is 12.6 Å². The van der Waals surface area contributed by atoms with Crippen molar-refractivity contribution in [1.29, 1.82) is 0 Å². The number of para-hydroxylation sites is 1. The summed E-state index contributed by atoms with van der Waals surface area (Å²) in [5, 5.41) is 10.5. The maximum Gasteiger partial charge on any atom is 0.416 e. The third kappa shape index (κ3) is 3.86. The van der Waals surface area contributed by atoms with E-state index in [-0.39, 0.29) is 34.9 Å². The van der Waals surface area contributed by atoms with E-state index in [4.69, 9.17) is 14.9 Å². The Morgan fingerprint density at radius 2 is 1.85 bits per heavy atom. The number of alkyl halides is 3. The third-order valence-electron chi connectivity index (χ3n) is 4.08. The van der Waals surface area contributed by atoms with Crippen LogP contribution >= 0.6 is 0 Å². The van der Waals surface area contributed by atoms with Gasteiger partial charge >= 0.3 is 6.18 Å². The van der Waals surface area contributed by atoms with Gasteiger partial charge in [-0.3, -0.25) is 0 Å². The largest absolute Gasteiger partial charge is 0.504 e. The minimum Gasteiger partial charge on any atom is -0.504 e. The van der Waals surface area contributed by atoms with Crippen LogP contribution in [0.3, 0.4) is 0 Å². The highest BCUT2D eigenvalue weighted by Gasteiger charge is 2.31. The molecule has 0 aliphatic carbocycles. The molecule has 0 spiro atoms. The van der Waals surface area contributed by atoms with E-state index >= 15 is 0 Å². The first-order valence-electron chi connectivity index (χ1n) is 8.29. The van der Waals surface area contributed by atoms with Crippen molar-refractivity contribution < 1.29 is 27.4 Å². The van der Waals surface area contributed by atoms with E-state index in [1.807, 2.05) is 25.1 Å². The number of hydrogen-bond donors (Lipinski definition) is 2. The first kappa shape index (κ1) is 18.7. The second kappa shape index (κ2) is 7.26. The number of ether oxygens (including phenoxy) is 1. The summed E-state index contributed by atoms with van der Waals surface area (Å²) in [5.41, 5.74) is 5.96. The smallest absolute Gasteiger partial charge is 0.416 e. The van der Waals surface area contributed by atoms with Crippen LogP contribution in [0.4, 0.5) is 19.1 Å². The van der Waals surface area contributed by atoms with Crippen LogP contribution < -0.4 is 10.5 Å². The number of halogens is 3. The SMILES string of the molecule is CCOc1ccccc1Cc1oc(N)c(-c2cccc(C(F)(F)F)c2)c1O. The lowest BCUT2D eigenvalue weighted by molar-refractivity contribution is -0.137. The predicted octanol–water partition coefficient (Wildman–Crippen LogP) is 5.24. The van der Waals surface area contributed by atoms with Crippen molar-refractivity contribution in [2.75, 3.05) is 12.3 Å². The number of nitrogen functional groups attached to an aromatic ring is 1. The van der Waals surface area contributed by atoms with E-state index in [0.717, 1.165) is 17.7 Å². The Kier molecular flexibility index (Phi) is 5.03. The van der Waals surface area contributed by atoms with Crippen molar-refractivity contribution in [2.24, 2.45) is 0 Å². The van der Waals surface area contributed by atoms with Gasteiger partial charge in [0.25, 0.3) is 0 Å². The van der Waals surface area contributed by atoms with Crippen LogP contribution in [0, 0.1) is 0 Å². The molecule has 0 unspecified atom stereocenters. The molecular weight excluding hydrogens is 359 g/mol. The standard InChI is InChI=1S/C20H18F3NO3/c1-2-26-15-9-4-3-6-12(15)11-16-18(25)17(19(24)27-16)13-7-5-8-14(10-13)20(21,22)23/h3-10,25H,2,11,24H2,1H3. The molecule has 0 bridgehead atoms. The van der Waals surface area contributed by atoms with E-state index in [1.165, 1.54) is 12.1 Å². The number of furan rings is 1. The number of nitrogens with two attached hydrogens (primary N) is 1. The molecule has 3 N–H and O–H groups in total. The van der Waals surface area contributed by atoms with Crippen molar-refractivity contribution in [2.45, 2.75) is 19.5 Å². The van der Waals surface area contributed by atoms with Crippen molar-refractivity contribution in [3.63, 3.8) is 0 Å². The molecule has 1 heterocycles. The number of benzene rings is 2. The maximum absolute atomic E-state index is 13.0. The Morgan fingerprint density at radius 1 is 1.11 bits per heavy atom. The van der Waals surface area contributed by atoms with Gasteiger partial charge in [-0.05, 0) is 30.7 Å². The molecule has 7 heteroatoms. The van der Waals surface area contributed by atoms with Crippen molar-refractivity contribution >= 4 is 5.88 Å². The van der Waals surface area contributed by atoms with E-state index in [9.17, 15) is 18.3 Å². The fourth-order valence-electron chi connectivity index (χ4n) is 2.86. The van der Waals surface area contributed by atoms with Crippen molar-refractivity contribution in [1.82, 2.24) is 0 Å². The zero-order chi connectivity index (χ0) is 19.6. The summed E-state index contributed by atoms with van der Waals surface area (Å²) in [7, 11) is 0. The topological polar surface area (TPSA) is 68.6 Å². The highest BCUT2D eigenvalue weighted by atomic mass is 19.4. The van der Waals surface area contributed by atoms with Crippen LogP contribution in [-0.4, -0.2) is 11.7 Å². The zero-order valence-electron chi connectivity index (χ0n) is 14.5. The molecule has 1 aromatic heterocycles. The molecule has 0 aliphatic rings. The van der Waals surface area contributed by atoms with Crippen molar-refractivity contribution in [3.05, 3.63) is 65.4 Å². The monoisotopic (exact) mass is 377 g/mol. The Labute approximate surface area is 154 Å². The lowest BCUT2D eigenvalue weighted by Gasteiger charge is -2.09. The second-order valence-electron chi connectivity index (χ2n) is 5.91. The van der Waals surface area contributed by atoms with Gasteiger partial charge in [-0.15, -0.1) is 0 Å². The molecule has 0 fully saturated rings. The highest BCUT2D eigenvalue weighted by molar-refractivity contribution is 5.80. The highest BCUT2D eigenvalue weighted by Crippen LogP contribution is 2.43. The molecule has 142 valence electrons. The minimum absolute atomic E-state index is 0.0463. The molecule has 27 heavy (non-hydrogen) atoms. The molecule has 0 atom stereocenters. The number of aromatic hydroxyl groups is 1. The van der Waals surface area contributed by atoms with Gasteiger partial charge < -0.3 is 20.0 Å². The summed E-state index contributed by atoms with van der Waals surface area (Å²) < 4.78 is 49.9. The Balaban J connectivity index is 1.99. The summed E-state index contributed by atoms with van der Waals surface area (Å²) >= 11 is 0. The summed E-state index contributed by atoms with van der Waals surface area (Å²) in [4.78, 5) is 0. The molecular formula is C20H18F3NO3. The number of rotatable bonds is 5. The molecule has 0 aliphatic heterocycles. The molecule has 2 aromatic carbocycles. The molecule has 4 nitrogen and oxygen atoms in total. The van der Waals surface area contributed by atoms with Gasteiger partial charge in [0.05, 0.1) is 17.7 Å². The molecule has 3 aromatic rings. The van der Waals surface area contributed by atoms with Gasteiger partial charge in [0.1, 0.15) is 5.75 Å².